The highest BCUT2D eigenvalue weighted by atomic mass is 32.3. The van der Waals surface area contributed by atoms with E-state index in [-0.39, 0.29) is 11.5 Å². The summed E-state index contributed by atoms with van der Waals surface area (Å²) >= 11 is 0.518. The van der Waals surface area contributed by atoms with Crippen molar-refractivity contribution < 1.29 is 46.6 Å². The first-order chi connectivity index (χ1) is 11.2. The number of nitrogens with zero attached hydrogens (tertiary/aromatic N) is 1. The van der Waals surface area contributed by atoms with Crippen molar-refractivity contribution in [2.75, 3.05) is 6.61 Å². The summed E-state index contributed by atoms with van der Waals surface area (Å²) in [6, 6.07) is 0. The summed E-state index contributed by atoms with van der Waals surface area (Å²) in [5, 5.41) is 41.4. The third-order valence-corrected chi connectivity index (χ3v) is 4.08. The van der Waals surface area contributed by atoms with Gasteiger partial charge in [-0.25, -0.2) is 4.28 Å². The van der Waals surface area contributed by atoms with Crippen molar-refractivity contribution in [3.05, 3.63) is 0 Å². The van der Waals surface area contributed by atoms with Gasteiger partial charge in [0.1, 0.15) is 29.5 Å². The first-order valence-corrected chi connectivity index (χ1v) is 9.17. The molecule has 5 atom stereocenters. The molecule has 5 N–H and O–H groups in total. The molecule has 0 aliphatic carbocycles. The zero-order valence-corrected chi connectivity index (χ0v) is 14.4. The lowest BCUT2D eigenvalue weighted by molar-refractivity contribution is -0.274. The highest BCUT2D eigenvalue weighted by Crippen LogP contribution is 2.26. The normalized spacial score (nSPS) is 31.9. The fourth-order valence-electron chi connectivity index (χ4n) is 1.77. The molecule has 1 aliphatic rings. The van der Waals surface area contributed by atoms with Gasteiger partial charge in [0.25, 0.3) is 0 Å². The molecule has 1 aliphatic heterocycles. The Morgan fingerprint density at radius 1 is 1.25 bits per heavy atom. The van der Waals surface area contributed by atoms with Gasteiger partial charge in [0, 0.05) is 6.42 Å². The minimum Gasteiger partial charge on any atom is -0.394 e. The Hall–Kier alpha value is -0.510. The number of hydrogen-bond acceptors (Lipinski definition) is 11. The zero-order chi connectivity index (χ0) is 18.3. The Morgan fingerprint density at radius 3 is 2.46 bits per heavy atom. The van der Waals surface area contributed by atoms with E-state index in [9.17, 15) is 23.7 Å². The van der Waals surface area contributed by atoms with Crippen molar-refractivity contribution in [1.29, 1.82) is 0 Å². The van der Waals surface area contributed by atoms with E-state index in [1.165, 1.54) is 0 Å². The van der Waals surface area contributed by atoms with E-state index >= 15 is 0 Å². The minimum atomic E-state index is -4.77. The second kappa shape index (κ2) is 9.84. The van der Waals surface area contributed by atoms with Crippen LogP contribution >= 0.6 is 12.0 Å². The molecule has 1 saturated heterocycles. The maximum Gasteiger partial charge on any atom is 0.466 e. The third-order valence-electron chi connectivity index (χ3n) is 3.07. The van der Waals surface area contributed by atoms with Gasteiger partial charge in [-0.2, -0.15) is 8.42 Å². The molecule has 0 aromatic heterocycles. The summed E-state index contributed by atoms with van der Waals surface area (Å²) in [6.07, 6.45) is -5.66. The predicted molar refractivity (Wildman–Crippen MR) is 82.0 cm³/mol. The largest absolute Gasteiger partial charge is 0.466 e. The smallest absolute Gasteiger partial charge is 0.394 e. The van der Waals surface area contributed by atoms with Crippen molar-refractivity contribution >= 4 is 27.5 Å². The molecule has 13 heteroatoms. The molecule has 0 spiro atoms. The Labute approximate surface area is 143 Å². The van der Waals surface area contributed by atoms with Crippen LogP contribution in [0.2, 0.25) is 0 Å². The van der Waals surface area contributed by atoms with Gasteiger partial charge < -0.3 is 25.2 Å². The van der Waals surface area contributed by atoms with Crippen molar-refractivity contribution in [2.45, 2.75) is 56.9 Å². The molecule has 0 amide bonds. The van der Waals surface area contributed by atoms with Crippen LogP contribution in [0.4, 0.5) is 0 Å². The average Bonchev–Trinajstić information content (AvgIpc) is 2.52. The molecule has 0 aromatic rings. The highest BCUT2D eigenvalue weighted by Gasteiger charge is 2.44. The fraction of sp³-hybridized carbons (Fsp3) is 0.909. The van der Waals surface area contributed by atoms with Gasteiger partial charge in [-0.1, -0.05) is 18.5 Å². The second-order valence-electron chi connectivity index (χ2n) is 4.97. The molecule has 0 saturated carbocycles. The van der Waals surface area contributed by atoms with Crippen LogP contribution in [-0.4, -0.2) is 75.8 Å². The molecule has 11 nitrogen and oxygen atoms in total. The molecular formula is C11H21NO10S2. The number of hydrogen-bond donors (Lipinski definition) is 5. The van der Waals surface area contributed by atoms with Crippen LogP contribution in [-0.2, 0) is 23.6 Å². The van der Waals surface area contributed by atoms with Crippen LogP contribution in [0.5, 0.6) is 0 Å². The van der Waals surface area contributed by atoms with E-state index in [1.54, 1.807) is 0 Å². The molecule has 0 aromatic carbocycles. The molecule has 0 bridgehead atoms. The van der Waals surface area contributed by atoms with Crippen LogP contribution in [0.25, 0.3) is 0 Å². The number of rotatable bonds is 8. The summed E-state index contributed by atoms with van der Waals surface area (Å²) in [5.41, 5.74) is 0. The van der Waals surface area contributed by atoms with Crippen LogP contribution in [0.15, 0.2) is 5.16 Å². The van der Waals surface area contributed by atoms with Gasteiger partial charge in [-0.3, -0.25) is 8.74 Å². The van der Waals surface area contributed by atoms with Crippen molar-refractivity contribution in [1.82, 2.24) is 0 Å². The Balaban J connectivity index is 2.70. The van der Waals surface area contributed by atoms with Crippen LogP contribution in [0.1, 0.15) is 26.2 Å². The molecular weight excluding hydrogens is 370 g/mol. The van der Waals surface area contributed by atoms with Gasteiger partial charge in [0.05, 0.1) is 18.6 Å². The molecule has 0 radical (unpaired) electrons. The van der Waals surface area contributed by atoms with E-state index in [2.05, 4.69) is 9.44 Å². The maximum absolute atomic E-state index is 10.6. The standard InChI is InChI=1S/C11H21NO10S2/c1-2-3-4-7(12-22-24(17,18)19)23-21-11-10(16)9(15)8(14)6(5-13)20-11/h6,8-11,13-16H,2-5H2,1H3,(H,17,18,19)/b12-7-/t6-,8-,9+,10-,11+/m1/s1. The summed E-state index contributed by atoms with van der Waals surface area (Å²) in [7, 11) is -4.77. The van der Waals surface area contributed by atoms with Gasteiger partial charge in [0.15, 0.2) is 6.29 Å². The predicted octanol–water partition coefficient (Wildman–Crippen LogP) is -1.23. The molecule has 1 heterocycles. The first-order valence-electron chi connectivity index (χ1n) is 7.06. The number of aliphatic hydroxyl groups excluding tert-OH is 4. The lowest BCUT2D eigenvalue weighted by atomic mass is 10.00. The zero-order valence-electron chi connectivity index (χ0n) is 12.8. The summed E-state index contributed by atoms with van der Waals surface area (Å²) in [6.45, 7) is 1.27. The molecule has 24 heavy (non-hydrogen) atoms. The van der Waals surface area contributed by atoms with Gasteiger partial charge in [-0.15, -0.1) is 0 Å². The van der Waals surface area contributed by atoms with Crippen LogP contribution in [0.3, 0.4) is 0 Å². The number of oxime groups is 1. The molecule has 0 unspecified atom stereocenters. The van der Waals surface area contributed by atoms with Crippen LogP contribution in [0, 0.1) is 0 Å². The van der Waals surface area contributed by atoms with E-state index in [1.807, 2.05) is 6.92 Å². The van der Waals surface area contributed by atoms with E-state index in [4.69, 9.17) is 18.6 Å². The van der Waals surface area contributed by atoms with Gasteiger partial charge in [-0.05, 0) is 6.42 Å². The molecule has 1 fully saturated rings. The summed E-state index contributed by atoms with van der Waals surface area (Å²) in [4.78, 5) is 0. The quantitative estimate of drug-likeness (QED) is 0.110. The summed E-state index contributed by atoms with van der Waals surface area (Å²) < 4.78 is 43.8. The Bertz CT molecular complexity index is 511. The first kappa shape index (κ1) is 21.5. The minimum absolute atomic E-state index is 0.0337. The average molecular weight is 391 g/mol. The number of unbranched alkanes of at least 4 members (excludes halogenated alkanes) is 1. The van der Waals surface area contributed by atoms with Crippen molar-refractivity contribution in [3.63, 3.8) is 0 Å². The van der Waals surface area contributed by atoms with E-state index in [0.717, 1.165) is 6.42 Å². The Kier molecular flexibility index (Phi) is 8.83. The topological polar surface area (TPSA) is 175 Å². The lowest BCUT2D eigenvalue weighted by Gasteiger charge is -2.39. The molecule has 1 rings (SSSR count). The van der Waals surface area contributed by atoms with Crippen molar-refractivity contribution in [2.24, 2.45) is 5.16 Å². The van der Waals surface area contributed by atoms with Gasteiger partial charge in [0.2, 0.25) is 0 Å². The maximum atomic E-state index is 10.6. The van der Waals surface area contributed by atoms with Gasteiger partial charge >= 0.3 is 10.4 Å². The highest BCUT2D eigenvalue weighted by molar-refractivity contribution is 8.09. The number of aliphatic hydroxyl groups is 4. The van der Waals surface area contributed by atoms with E-state index in [0.29, 0.717) is 18.5 Å². The van der Waals surface area contributed by atoms with Crippen molar-refractivity contribution in [3.8, 4) is 0 Å². The van der Waals surface area contributed by atoms with E-state index < -0.39 is 47.7 Å². The Morgan fingerprint density at radius 2 is 1.92 bits per heavy atom. The third kappa shape index (κ3) is 6.78. The monoisotopic (exact) mass is 391 g/mol. The van der Waals surface area contributed by atoms with Crippen LogP contribution < -0.4 is 0 Å². The second-order valence-corrected chi connectivity index (χ2v) is 6.80. The number of ether oxygens (including phenoxy) is 1. The lowest BCUT2D eigenvalue weighted by Crippen LogP contribution is -2.58. The molecule has 142 valence electrons. The SMILES string of the molecule is CCCC/C(=N/OS(=O)(=O)O)SO[C@@H]1O[C@H](CO)[C@@H](O)[C@H](O)[C@H]1O. The summed E-state index contributed by atoms with van der Waals surface area (Å²) in [5.74, 6) is 0. The fourth-order valence-corrected chi connectivity index (χ4v) is 2.66.